The Morgan fingerprint density at radius 3 is 2.57 bits per heavy atom. The Balaban J connectivity index is 3.37. The van der Waals surface area contributed by atoms with Gasteiger partial charge in [-0.1, -0.05) is 0 Å². The molecule has 0 unspecified atom stereocenters. The van der Waals surface area contributed by atoms with Crippen LogP contribution < -0.4 is 5.73 Å². The maximum Gasteiger partial charge on any atom is 0.182 e. The molecule has 3 heteroatoms. The molecule has 0 aliphatic heterocycles. The Kier molecular flexibility index (Phi) is 2.96. The van der Waals surface area contributed by atoms with Gasteiger partial charge in [0.25, 0.3) is 0 Å². The summed E-state index contributed by atoms with van der Waals surface area (Å²) in [5.41, 5.74) is 4.79. The Morgan fingerprint density at radius 1 is 1.86 bits per heavy atom. The van der Waals surface area contributed by atoms with Crippen molar-refractivity contribution >= 4 is 5.78 Å². The van der Waals surface area contributed by atoms with E-state index in [4.69, 9.17) is 10.8 Å². The van der Waals surface area contributed by atoms with Crippen molar-refractivity contribution in [1.82, 2.24) is 0 Å². The molecule has 7 heavy (non-hydrogen) atoms. The third kappa shape index (κ3) is 2.99. The Labute approximate surface area is 41.4 Å². The van der Waals surface area contributed by atoms with E-state index in [1.807, 2.05) is 0 Å². The molecule has 0 aliphatic carbocycles. The van der Waals surface area contributed by atoms with Crippen LogP contribution in [0.1, 0.15) is 0 Å². The average Bonchev–Trinajstić information content (AvgIpc) is 1.68. The van der Waals surface area contributed by atoms with Gasteiger partial charge in [0.05, 0.1) is 0 Å². The molecule has 0 saturated heterocycles. The van der Waals surface area contributed by atoms with Gasteiger partial charge >= 0.3 is 0 Å². The van der Waals surface area contributed by atoms with Gasteiger partial charge in [-0.3, -0.25) is 4.79 Å². The van der Waals surface area contributed by atoms with Crippen LogP contribution >= 0.6 is 0 Å². The molecule has 0 saturated carbocycles. The zero-order valence-electron chi connectivity index (χ0n) is 3.79. The van der Waals surface area contributed by atoms with E-state index in [-0.39, 0.29) is 5.78 Å². The highest BCUT2D eigenvalue weighted by Crippen LogP contribution is 1.67. The smallest absolute Gasteiger partial charge is 0.182 e. The fraction of sp³-hybridized carbons (Fsp3) is 0.250. The van der Waals surface area contributed by atoms with E-state index in [0.717, 1.165) is 12.3 Å². The lowest BCUT2D eigenvalue weighted by atomic mass is 10.4. The number of rotatable bonds is 2. The van der Waals surface area contributed by atoms with Gasteiger partial charge in [-0.05, 0) is 12.3 Å². The van der Waals surface area contributed by atoms with Gasteiger partial charge in [-0.2, -0.15) is 0 Å². The number of hydrogen-bond acceptors (Lipinski definition) is 3. The number of carbonyl (C=O) groups excluding carboxylic acids is 1. The molecular formula is C4H7NO2. The van der Waals surface area contributed by atoms with Gasteiger partial charge in [-0.25, -0.2) is 0 Å². The molecule has 3 N–H and O–H groups in total. The van der Waals surface area contributed by atoms with Gasteiger partial charge in [0.2, 0.25) is 0 Å². The van der Waals surface area contributed by atoms with E-state index in [9.17, 15) is 4.79 Å². The molecule has 0 rings (SSSR count). The fourth-order valence-electron chi connectivity index (χ4n) is 0.160. The van der Waals surface area contributed by atoms with Crippen LogP contribution in [0.2, 0.25) is 0 Å². The highest BCUT2D eigenvalue weighted by atomic mass is 16.3. The lowest BCUT2D eigenvalue weighted by Crippen LogP contribution is -1.98. The zero-order valence-corrected chi connectivity index (χ0v) is 3.79. The minimum Gasteiger partial charge on any atom is -0.404 e. The number of aliphatic hydroxyl groups excluding tert-OH is 1. The highest BCUT2D eigenvalue weighted by Gasteiger charge is 1.85. The minimum absolute atomic E-state index is 0.373. The van der Waals surface area contributed by atoms with E-state index in [2.05, 4.69) is 0 Å². The van der Waals surface area contributed by atoms with E-state index < -0.39 is 6.61 Å². The summed E-state index contributed by atoms with van der Waals surface area (Å²) in [6.07, 6.45) is 2.21. The molecular weight excluding hydrogens is 94.0 g/mol. The standard InChI is InChI=1S/C4H7NO2/c5-2-1-4(7)3-6/h1-2,6H,3,5H2. The van der Waals surface area contributed by atoms with Crippen LogP contribution in [0, 0.1) is 0 Å². The minimum atomic E-state index is -0.465. The van der Waals surface area contributed by atoms with Crippen LogP contribution in [-0.4, -0.2) is 17.5 Å². The van der Waals surface area contributed by atoms with Crippen molar-refractivity contribution < 1.29 is 9.90 Å². The summed E-state index contributed by atoms with van der Waals surface area (Å²) in [7, 11) is 0. The lowest BCUT2D eigenvalue weighted by Gasteiger charge is -1.78. The summed E-state index contributed by atoms with van der Waals surface area (Å²) in [5, 5.41) is 8.01. The van der Waals surface area contributed by atoms with Crippen molar-refractivity contribution in [1.29, 1.82) is 0 Å². The predicted molar refractivity (Wildman–Crippen MR) is 25.4 cm³/mol. The summed E-state index contributed by atoms with van der Waals surface area (Å²) < 4.78 is 0. The number of aliphatic hydroxyl groups is 1. The van der Waals surface area contributed by atoms with Crippen LogP contribution in [0.25, 0.3) is 0 Å². The quantitative estimate of drug-likeness (QED) is 0.439. The molecule has 0 heterocycles. The first kappa shape index (κ1) is 6.17. The molecule has 40 valence electrons. The maximum absolute atomic E-state index is 10.00. The maximum atomic E-state index is 10.00. The molecule has 0 spiro atoms. The third-order valence-electron chi connectivity index (χ3n) is 0.438. The van der Waals surface area contributed by atoms with Crippen LogP contribution in [0.4, 0.5) is 0 Å². The normalized spacial score (nSPS) is 9.86. The average molecular weight is 101 g/mol. The molecule has 0 amide bonds. The summed E-state index contributed by atoms with van der Waals surface area (Å²) in [5.74, 6) is -0.373. The Hall–Kier alpha value is -0.830. The largest absolute Gasteiger partial charge is 0.404 e. The van der Waals surface area contributed by atoms with Crippen LogP contribution in [-0.2, 0) is 4.79 Å². The number of nitrogens with two attached hydrogens (primary N) is 1. The molecule has 0 aromatic carbocycles. The van der Waals surface area contributed by atoms with Crippen molar-refractivity contribution in [3.63, 3.8) is 0 Å². The molecule has 0 radical (unpaired) electrons. The van der Waals surface area contributed by atoms with Crippen molar-refractivity contribution in [2.24, 2.45) is 5.73 Å². The van der Waals surface area contributed by atoms with Gasteiger partial charge in [0.1, 0.15) is 6.61 Å². The van der Waals surface area contributed by atoms with Crippen molar-refractivity contribution in [3.8, 4) is 0 Å². The number of carbonyl (C=O) groups is 1. The lowest BCUT2D eigenvalue weighted by molar-refractivity contribution is -0.117. The monoisotopic (exact) mass is 101 g/mol. The summed E-state index contributed by atoms with van der Waals surface area (Å²) in [6.45, 7) is -0.465. The first-order valence-corrected chi connectivity index (χ1v) is 1.83. The Bertz CT molecular complexity index is 87.7. The summed E-state index contributed by atoms with van der Waals surface area (Å²) in [6, 6.07) is 0. The van der Waals surface area contributed by atoms with E-state index >= 15 is 0 Å². The molecule has 0 fully saturated rings. The molecule has 0 aromatic rings. The van der Waals surface area contributed by atoms with E-state index in [0.29, 0.717) is 0 Å². The highest BCUT2D eigenvalue weighted by molar-refractivity contribution is 5.90. The van der Waals surface area contributed by atoms with Gasteiger partial charge in [-0.15, -0.1) is 0 Å². The molecule has 0 bridgehead atoms. The number of hydrogen-bond donors (Lipinski definition) is 2. The van der Waals surface area contributed by atoms with Gasteiger partial charge < -0.3 is 10.8 Å². The van der Waals surface area contributed by atoms with Crippen LogP contribution in [0.5, 0.6) is 0 Å². The number of ketones is 1. The van der Waals surface area contributed by atoms with Crippen molar-refractivity contribution in [2.45, 2.75) is 0 Å². The van der Waals surface area contributed by atoms with Crippen LogP contribution in [0.15, 0.2) is 12.3 Å². The molecule has 0 atom stereocenters. The second-order valence-electron chi connectivity index (χ2n) is 0.984. The first-order chi connectivity index (χ1) is 3.31. The molecule has 0 aliphatic rings. The second-order valence-corrected chi connectivity index (χ2v) is 0.984. The Morgan fingerprint density at radius 2 is 2.43 bits per heavy atom. The SMILES string of the molecule is NC=CC(=O)CO. The summed E-state index contributed by atoms with van der Waals surface area (Å²) in [4.78, 5) is 10.00. The third-order valence-corrected chi connectivity index (χ3v) is 0.438. The topological polar surface area (TPSA) is 63.3 Å². The van der Waals surface area contributed by atoms with Crippen molar-refractivity contribution in [3.05, 3.63) is 12.3 Å². The van der Waals surface area contributed by atoms with Crippen molar-refractivity contribution in [2.75, 3.05) is 6.61 Å². The van der Waals surface area contributed by atoms with Gasteiger partial charge in [0.15, 0.2) is 5.78 Å². The summed E-state index contributed by atoms with van der Waals surface area (Å²) >= 11 is 0. The van der Waals surface area contributed by atoms with Crippen LogP contribution in [0.3, 0.4) is 0 Å². The van der Waals surface area contributed by atoms with E-state index in [1.165, 1.54) is 0 Å². The fourth-order valence-corrected chi connectivity index (χ4v) is 0.160. The molecule has 3 nitrogen and oxygen atoms in total. The predicted octanol–water partition coefficient (Wildman–Crippen LogP) is -0.980. The first-order valence-electron chi connectivity index (χ1n) is 1.83. The zero-order chi connectivity index (χ0) is 5.70. The second kappa shape index (κ2) is 3.36. The van der Waals surface area contributed by atoms with Gasteiger partial charge in [0, 0.05) is 0 Å². The molecule has 0 aromatic heterocycles. The van der Waals surface area contributed by atoms with E-state index in [1.54, 1.807) is 0 Å².